The molecule has 16 heavy (non-hydrogen) atoms. The van der Waals surface area contributed by atoms with Crippen molar-refractivity contribution in [3.63, 3.8) is 0 Å². The fourth-order valence-electron chi connectivity index (χ4n) is 2.19. The molecule has 0 fully saturated rings. The highest BCUT2D eigenvalue weighted by Gasteiger charge is 2.18. The number of nitrogens with one attached hydrogen (secondary N) is 1. The van der Waals surface area contributed by atoms with Crippen LogP contribution in [0.25, 0.3) is 0 Å². The molecular weight excluding hydrogens is 198 g/mol. The van der Waals surface area contributed by atoms with Gasteiger partial charge in [0.1, 0.15) is 0 Å². The second-order valence-corrected chi connectivity index (χ2v) is 4.25. The van der Waals surface area contributed by atoms with E-state index in [1.807, 2.05) is 0 Å². The van der Waals surface area contributed by atoms with Gasteiger partial charge in [-0.2, -0.15) is 0 Å². The standard InChI is InChI=1S/C13H21N3/c1-3-14-8-9-16-11-10-15(2)12-6-4-5-7-13(12)16/h4-7,14H,3,8-11H2,1-2H3. The number of nitrogens with zero attached hydrogens (tertiary/aromatic N) is 2. The Morgan fingerprint density at radius 2 is 1.94 bits per heavy atom. The number of rotatable bonds is 4. The summed E-state index contributed by atoms with van der Waals surface area (Å²) < 4.78 is 0. The van der Waals surface area contributed by atoms with Gasteiger partial charge in [-0.15, -0.1) is 0 Å². The van der Waals surface area contributed by atoms with Gasteiger partial charge in [0.15, 0.2) is 0 Å². The fourth-order valence-corrected chi connectivity index (χ4v) is 2.19. The van der Waals surface area contributed by atoms with E-state index >= 15 is 0 Å². The summed E-state index contributed by atoms with van der Waals surface area (Å²) in [5.74, 6) is 0. The summed E-state index contributed by atoms with van der Waals surface area (Å²) in [4.78, 5) is 4.80. The van der Waals surface area contributed by atoms with Gasteiger partial charge in [-0.3, -0.25) is 0 Å². The normalized spacial score (nSPS) is 15.1. The molecule has 2 rings (SSSR count). The monoisotopic (exact) mass is 219 g/mol. The predicted molar refractivity (Wildman–Crippen MR) is 70.5 cm³/mol. The second kappa shape index (κ2) is 5.21. The van der Waals surface area contributed by atoms with Gasteiger partial charge in [0.25, 0.3) is 0 Å². The number of likely N-dealkylation sites (N-methyl/N-ethyl adjacent to an activating group) is 2. The predicted octanol–water partition coefficient (Wildman–Crippen LogP) is 1.55. The van der Waals surface area contributed by atoms with E-state index in [-0.39, 0.29) is 0 Å². The maximum absolute atomic E-state index is 3.38. The molecule has 0 aromatic heterocycles. The largest absolute Gasteiger partial charge is 0.371 e. The van der Waals surface area contributed by atoms with Crippen molar-refractivity contribution in [3.8, 4) is 0 Å². The molecule has 3 nitrogen and oxygen atoms in total. The summed E-state index contributed by atoms with van der Waals surface area (Å²) in [6.07, 6.45) is 0. The molecule has 1 aromatic rings. The van der Waals surface area contributed by atoms with Crippen LogP contribution in [0.4, 0.5) is 11.4 Å². The van der Waals surface area contributed by atoms with E-state index in [0.29, 0.717) is 0 Å². The van der Waals surface area contributed by atoms with Gasteiger partial charge in [-0.05, 0) is 18.7 Å². The summed E-state index contributed by atoms with van der Waals surface area (Å²) in [6.45, 7) is 7.60. The van der Waals surface area contributed by atoms with E-state index in [1.54, 1.807) is 0 Å². The molecular formula is C13H21N3. The number of anilines is 2. The molecule has 0 unspecified atom stereocenters. The quantitative estimate of drug-likeness (QED) is 0.775. The lowest BCUT2D eigenvalue weighted by atomic mass is 10.2. The minimum Gasteiger partial charge on any atom is -0.371 e. The van der Waals surface area contributed by atoms with Crippen LogP contribution in [0.15, 0.2) is 24.3 Å². The third-order valence-corrected chi connectivity index (χ3v) is 3.15. The van der Waals surface area contributed by atoms with Crippen molar-refractivity contribution in [1.29, 1.82) is 0 Å². The van der Waals surface area contributed by atoms with E-state index < -0.39 is 0 Å². The minimum absolute atomic E-state index is 1.05. The Morgan fingerprint density at radius 3 is 2.69 bits per heavy atom. The van der Waals surface area contributed by atoms with Crippen LogP contribution in [0.5, 0.6) is 0 Å². The van der Waals surface area contributed by atoms with Crippen LogP contribution in [0.1, 0.15) is 6.92 Å². The first-order valence-electron chi connectivity index (χ1n) is 6.08. The third kappa shape index (κ3) is 2.30. The minimum atomic E-state index is 1.05. The summed E-state index contributed by atoms with van der Waals surface area (Å²) in [6, 6.07) is 8.66. The van der Waals surface area contributed by atoms with Gasteiger partial charge in [0.2, 0.25) is 0 Å². The molecule has 1 aliphatic rings. The smallest absolute Gasteiger partial charge is 0.0605 e. The van der Waals surface area contributed by atoms with Gasteiger partial charge < -0.3 is 15.1 Å². The third-order valence-electron chi connectivity index (χ3n) is 3.15. The summed E-state index contributed by atoms with van der Waals surface area (Å²) in [7, 11) is 2.17. The van der Waals surface area contributed by atoms with Crippen molar-refractivity contribution < 1.29 is 0 Å². The van der Waals surface area contributed by atoms with Crippen molar-refractivity contribution >= 4 is 11.4 Å². The van der Waals surface area contributed by atoms with Gasteiger partial charge in [0, 0.05) is 33.2 Å². The maximum atomic E-state index is 3.38. The van der Waals surface area contributed by atoms with Crippen molar-refractivity contribution in [1.82, 2.24) is 5.32 Å². The second-order valence-electron chi connectivity index (χ2n) is 4.25. The molecule has 3 heteroatoms. The summed E-state index contributed by atoms with van der Waals surface area (Å²) in [5, 5.41) is 3.38. The Labute approximate surface area is 98.0 Å². The molecule has 1 aliphatic heterocycles. The zero-order valence-corrected chi connectivity index (χ0v) is 10.2. The fraction of sp³-hybridized carbons (Fsp3) is 0.538. The average molecular weight is 219 g/mol. The zero-order chi connectivity index (χ0) is 11.4. The van der Waals surface area contributed by atoms with E-state index in [0.717, 1.165) is 32.7 Å². The van der Waals surface area contributed by atoms with Crippen LogP contribution in [-0.4, -0.2) is 39.8 Å². The van der Waals surface area contributed by atoms with Gasteiger partial charge in [-0.1, -0.05) is 19.1 Å². The van der Waals surface area contributed by atoms with Gasteiger partial charge in [0.05, 0.1) is 11.4 Å². The zero-order valence-electron chi connectivity index (χ0n) is 10.2. The number of fused-ring (bicyclic) bond motifs is 1. The van der Waals surface area contributed by atoms with Crippen molar-refractivity contribution in [3.05, 3.63) is 24.3 Å². The topological polar surface area (TPSA) is 18.5 Å². The first-order chi connectivity index (χ1) is 7.83. The van der Waals surface area contributed by atoms with E-state index in [2.05, 4.69) is 53.4 Å². The molecule has 0 aliphatic carbocycles. The molecule has 1 aromatic carbocycles. The Morgan fingerprint density at radius 1 is 1.19 bits per heavy atom. The number of para-hydroxylation sites is 2. The summed E-state index contributed by atoms with van der Waals surface area (Å²) >= 11 is 0. The Bertz CT molecular complexity index is 338. The van der Waals surface area contributed by atoms with E-state index in [1.165, 1.54) is 11.4 Å². The van der Waals surface area contributed by atoms with Gasteiger partial charge >= 0.3 is 0 Å². The van der Waals surface area contributed by atoms with Crippen LogP contribution in [0.2, 0.25) is 0 Å². The van der Waals surface area contributed by atoms with E-state index in [4.69, 9.17) is 0 Å². The van der Waals surface area contributed by atoms with Crippen molar-refractivity contribution in [2.24, 2.45) is 0 Å². The number of hydrogen-bond acceptors (Lipinski definition) is 3. The first kappa shape index (κ1) is 11.3. The van der Waals surface area contributed by atoms with Crippen LogP contribution < -0.4 is 15.1 Å². The van der Waals surface area contributed by atoms with Crippen LogP contribution in [-0.2, 0) is 0 Å². The van der Waals surface area contributed by atoms with Crippen LogP contribution in [0.3, 0.4) is 0 Å². The molecule has 1 N–H and O–H groups in total. The maximum Gasteiger partial charge on any atom is 0.0605 e. The SMILES string of the molecule is CCNCCN1CCN(C)c2ccccc21. The lowest BCUT2D eigenvalue weighted by Crippen LogP contribution is -2.42. The Kier molecular flexibility index (Phi) is 3.67. The number of benzene rings is 1. The Balaban J connectivity index is 2.09. The molecule has 0 saturated carbocycles. The Hall–Kier alpha value is -1.22. The van der Waals surface area contributed by atoms with Crippen molar-refractivity contribution in [2.45, 2.75) is 6.92 Å². The molecule has 0 bridgehead atoms. The molecule has 88 valence electrons. The lowest BCUT2D eigenvalue weighted by molar-refractivity contribution is 0.664. The van der Waals surface area contributed by atoms with Crippen LogP contribution in [0, 0.1) is 0 Å². The highest BCUT2D eigenvalue weighted by atomic mass is 15.3. The highest BCUT2D eigenvalue weighted by molar-refractivity contribution is 5.73. The highest BCUT2D eigenvalue weighted by Crippen LogP contribution is 2.31. The molecule has 0 radical (unpaired) electrons. The summed E-state index contributed by atoms with van der Waals surface area (Å²) in [5.41, 5.74) is 2.72. The number of hydrogen-bond donors (Lipinski definition) is 1. The lowest BCUT2D eigenvalue weighted by Gasteiger charge is -2.37. The van der Waals surface area contributed by atoms with Crippen LogP contribution >= 0.6 is 0 Å². The van der Waals surface area contributed by atoms with Gasteiger partial charge in [-0.25, -0.2) is 0 Å². The molecule has 0 atom stereocenters. The molecule has 1 heterocycles. The molecule has 0 amide bonds. The molecule has 0 saturated heterocycles. The van der Waals surface area contributed by atoms with E-state index in [9.17, 15) is 0 Å². The molecule has 0 spiro atoms. The first-order valence-corrected chi connectivity index (χ1v) is 6.08. The average Bonchev–Trinajstić information content (AvgIpc) is 2.33. The van der Waals surface area contributed by atoms with Crippen molar-refractivity contribution in [2.75, 3.05) is 49.6 Å².